The molecule has 0 aliphatic carbocycles. The zero-order valence-corrected chi connectivity index (χ0v) is 15.5. The monoisotopic (exact) mass is 383 g/mol. The summed E-state index contributed by atoms with van der Waals surface area (Å²) >= 11 is 0. The van der Waals surface area contributed by atoms with Crippen LogP contribution in [0.15, 0.2) is 36.4 Å². The van der Waals surface area contributed by atoms with Crippen molar-refractivity contribution < 1.29 is 23.8 Å². The van der Waals surface area contributed by atoms with Crippen molar-refractivity contribution in [1.29, 1.82) is 0 Å². The van der Waals surface area contributed by atoms with Gasteiger partial charge in [-0.2, -0.15) is 0 Å². The molecule has 2 heterocycles. The van der Waals surface area contributed by atoms with Gasteiger partial charge in [-0.25, -0.2) is 0 Å². The highest BCUT2D eigenvalue weighted by molar-refractivity contribution is 6.05. The highest BCUT2D eigenvalue weighted by Crippen LogP contribution is 2.34. The third kappa shape index (κ3) is 3.53. The quantitative estimate of drug-likeness (QED) is 0.795. The van der Waals surface area contributed by atoms with Crippen molar-refractivity contribution in [2.24, 2.45) is 0 Å². The van der Waals surface area contributed by atoms with E-state index in [1.807, 2.05) is 18.2 Å². The van der Waals surface area contributed by atoms with Crippen molar-refractivity contribution in [3.8, 4) is 17.2 Å². The Morgan fingerprint density at radius 2 is 1.86 bits per heavy atom. The normalized spacial score (nSPS) is 15.3. The van der Waals surface area contributed by atoms with Gasteiger partial charge in [0.15, 0.2) is 11.5 Å². The highest BCUT2D eigenvalue weighted by atomic mass is 16.7. The Morgan fingerprint density at radius 3 is 2.61 bits per heavy atom. The zero-order chi connectivity index (χ0) is 19.5. The van der Waals surface area contributed by atoms with Crippen LogP contribution < -0.4 is 24.4 Å². The molecule has 2 aliphatic heterocycles. The molecule has 1 saturated heterocycles. The van der Waals surface area contributed by atoms with Crippen molar-refractivity contribution in [3.63, 3.8) is 0 Å². The van der Waals surface area contributed by atoms with Crippen molar-refractivity contribution >= 4 is 23.7 Å². The van der Waals surface area contributed by atoms with Crippen molar-refractivity contribution in [2.75, 3.05) is 50.3 Å². The fourth-order valence-electron chi connectivity index (χ4n) is 3.31. The Morgan fingerprint density at radius 1 is 1.07 bits per heavy atom. The van der Waals surface area contributed by atoms with Crippen LogP contribution in [0.1, 0.15) is 10.4 Å². The predicted molar refractivity (Wildman–Crippen MR) is 103 cm³/mol. The van der Waals surface area contributed by atoms with Gasteiger partial charge in [-0.1, -0.05) is 0 Å². The standard InChI is InChI=1S/C20H21N3O5/c1-26-17-5-3-15(23-8-6-22(12-24)7-9-23)11-16(17)21-20(25)14-2-4-18-19(10-14)28-13-27-18/h2-5,10-12H,6-9,13H2,1H3,(H,21,25). The number of nitrogens with zero attached hydrogens (tertiary/aromatic N) is 2. The summed E-state index contributed by atoms with van der Waals surface area (Å²) in [6.45, 7) is 2.98. The third-order valence-corrected chi connectivity index (χ3v) is 4.89. The summed E-state index contributed by atoms with van der Waals surface area (Å²) in [4.78, 5) is 27.6. The van der Waals surface area contributed by atoms with Crippen molar-refractivity contribution in [3.05, 3.63) is 42.0 Å². The van der Waals surface area contributed by atoms with Crippen LogP contribution in [0.2, 0.25) is 0 Å². The summed E-state index contributed by atoms with van der Waals surface area (Å²) in [6.07, 6.45) is 0.877. The van der Waals surface area contributed by atoms with E-state index in [4.69, 9.17) is 14.2 Å². The number of anilines is 2. The van der Waals surface area contributed by atoms with Crippen LogP contribution >= 0.6 is 0 Å². The van der Waals surface area contributed by atoms with Gasteiger partial charge in [-0.15, -0.1) is 0 Å². The number of methoxy groups -OCH3 is 1. The molecule has 2 aliphatic rings. The van der Waals surface area contributed by atoms with Crippen LogP contribution in [0.5, 0.6) is 17.2 Å². The van der Waals surface area contributed by atoms with E-state index in [2.05, 4.69) is 10.2 Å². The van der Waals surface area contributed by atoms with E-state index in [1.54, 1.807) is 30.2 Å². The summed E-state index contributed by atoms with van der Waals surface area (Å²) in [5.41, 5.74) is 2.02. The highest BCUT2D eigenvalue weighted by Gasteiger charge is 2.19. The second-order valence-corrected chi connectivity index (χ2v) is 6.54. The molecular weight excluding hydrogens is 362 g/mol. The average Bonchev–Trinajstić information content (AvgIpc) is 3.21. The van der Waals surface area contributed by atoms with Gasteiger partial charge in [0.05, 0.1) is 12.8 Å². The fraction of sp³-hybridized carbons (Fsp3) is 0.300. The molecule has 0 aromatic heterocycles. The molecule has 8 heteroatoms. The summed E-state index contributed by atoms with van der Waals surface area (Å²) in [7, 11) is 1.56. The number of fused-ring (bicyclic) bond motifs is 1. The number of rotatable bonds is 5. The molecule has 28 heavy (non-hydrogen) atoms. The number of hydrogen-bond donors (Lipinski definition) is 1. The van der Waals surface area contributed by atoms with Crippen LogP contribution in [0, 0.1) is 0 Å². The lowest BCUT2D eigenvalue weighted by atomic mass is 10.1. The summed E-state index contributed by atoms with van der Waals surface area (Å²) < 4.78 is 16.0. The Labute approximate surface area is 162 Å². The molecular formula is C20H21N3O5. The SMILES string of the molecule is COc1ccc(N2CCN(C=O)CC2)cc1NC(=O)c1ccc2c(c1)OCO2. The number of hydrogen-bond acceptors (Lipinski definition) is 6. The minimum absolute atomic E-state index is 0.160. The van der Waals surface area contributed by atoms with E-state index >= 15 is 0 Å². The van der Waals surface area contributed by atoms with Crippen LogP contribution in [-0.4, -0.2) is 57.3 Å². The van der Waals surface area contributed by atoms with E-state index in [1.165, 1.54) is 0 Å². The van der Waals surface area contributed by atoms with Gasteiger partial charge in [-0.05, 0) is 36.4 Å². The van der Waals surface area contributed by atoms with Crippen LogP contribution in [-0.2, 0) is 4.79 Å². The molecule has 0 saturated carbocycles. The van der Waals surface area contributed by atoms with Crippen molar-refractivity contribution in [2.45, 2.75) is 0 Å². The molecule has 0 spiro atoms. The van der Waals surface area contributed by atoms with Gasteiger partial charge in [-0.3, -0.25) is 9.59 Å². The first kappa shape index (κ1) is 18.0. The number of amides is 2. The number of benzene rings is 2. The summed E-state index contributed by atoms with van der Waals surface area (Å²) in [5.74, 6) is 1.50. The van der Waals surface area contributed by atoms with Gasteiger partial charge in [0.1, 0.15) is 5.75 Å². The fourth-order valence-corrected chi connectivity index (χ4v) is 3.31. The second-order valence-electron chi connectivity index (χ2n) is 6.54. The van der Waals surface area contributed by atoms with Crippen LogP contribution in [0.3, 0.4) is 0 Å². The second kappa shape index (κ2) is 7.67. The van der Waals surface area contributed by atoms with Crippen molar-refractivity contribution in [1.82, 2.24) is 4.90 Å². The molecule has 2 aromatic rings. The molecule has 0 unspecified atom stereocenters. The van der Waals surface area contributed by atoms with Gasteiger partial charge in [0.25, 0.3) is 5.91 Å². The largest absolute Gasteiger partial charge is 0.495 e. The van der Waals surface area contributed by atoms with E-state index in [0.717, 1.165) is 25.2 Å². The number of ether oxygens (including phenoxy) is 3. The van der Waals surface area contributed by atoms with Gasteiger partial charge >= 0.3 is 0 Å². The average molecular weight is 383 g/mol. The first-order chi connectivity index (χ1) is 13.7. The maximum absolute atomic E-state index is 12.7. The maximum Gasteiger partial charge on any atom is 0.255 e. The predicted octanol–water partition coefficient (Wildman–Crippen LogP) is 1.95. The Kier molecular flexibility index (Phi) is 4.92. The molecule has 1 N–H and O–H groups in total. The summed E-state index contributed by atoms with van der Waals surface area (Å²) in [5, 5.41) is 2.91. The lowest BCUT2D eigenvalue weighted by molar-refractivity contribution is -0.118. The topological polar surface area (TPSA) is 80.3 Å². The number of piperazine rings is 1. The first-order valence-corrected chi connectivity index (χ1v) is 9.01. The van der Waals surface area contributed by atoms with E-state index in [0.29, 0.717) is 41.6 Å². The van der Waals surface area contributed by atoms with E-state index in [-0.39, 0.29) is 12.7 Å². The summed E-state index contributed by atoms with van der Waals surface area (Å²) in [6, 6.07) is 10.7. The molecule has 0 atom stereocenters. The van der Waals surface area contributed by atoms with E-state index in [9.17, 15) is 9.59 Å². The molecule has 2 amide bonds. The maximum atomic E-state index is 12.7. The van der Waals surface area contributed by atoms with Crippen LogP contribution in [0.25, 0.3) is 0 Å². The molecule has 4 rings (SSSR count). The minimum Gasteiger partial charge on any atom is -0.495 e. The number of carbonyl (C=O) groups excluding carboxylic acids is 2. The molecule has 1 fully saturated rings. The molecule has 146 valence electrons. The number of carbonyl (C=O) groups is 2. The lowest BCUT2D eigenvalue weighted by Crippen LogP contribution is -2.45. The molecule has 0 radical (unpaired) electrons. The van der Waals surface area contributed by atoms with Crippen LogP contribution in [0.4, 0.5) is 11.4 Å². The number of nitrogens with one attached hydrogen (secondary N) is 1. The molecule has 2 aromatic carbocycles. The first-order valence-electron chi connectivity index (χ1n) is 9.01. The Balaban J connectivity index is 1.53. The van der Waals surface area contributed by atoms with Gasteiger partial charge < -0.3 is 29.3 Å². The zero-order valence-electron chi connectivity index (χ0n) is 15.5. The van der Waals surface area contributed by atoms with Gasteiger partial charge in [0.2, 0.25) is 13.2 Å². The molecule has 8 nitrogen and oxygen atoms in total. The van der Waals surface area contributed by atoms with E-state index < -0.39 is 0 Å². The Bertz CT molecular complexity index is 893. The minimum atomic E-state index is -0.264. The molecule has 0 bridgehead atoms. The smallest absolute Gasteiger partial charge is 0.255 e. The third-order valence-electron chi connectivity index (χ3n) is 4.89. The lowest BCUT2D eigenvalue weighted by Gasteiger charge is -2.34. The Hall–Kier alpha value is -3.42. The van der Waals surface area contributed by atoms with Gasteiger partial charge in [0, 0.05) is 37.4 Å².